The van der Waals surface area contributed by atoms with Gasteiger partial charge in [-0.25, -0.2) is 4.79 Å². The smallest absolute Gasteiger partial charge is 0.323 e. The number of hydrogen-bond acceptors (Lipinski definition) is 2. The van der Waals surface area contributed by atoms with Gasteiger partial charge >= 0.3 is 6.03 Å². The molecule has 4 N–H and O–H groups in total. The number of nitrogens with one attached hydrogen (secondary N) is 2. The lowest BCUT2D eigenvalue weighted by molar-refractivity contribution is 0.262. The molecule has 0 unspecified atom stereocenters. The Labute approximate surface area is 112 Å². The van der Waals surface area contributed by atoms with E-state index in [2.05, 4.69) is 10.6 Å². The molecule has 0 aliphatic heterocycles. The molecule has 0 atom stereocenters. The van der Waals surface area contributed by atoms with E-state index in [0.29, 0.717) is 11.4 Å². The molecule has 0 saturated heterocycles. The van der Waals surface area contributed by atoms with Gasteiger partial charge in [0.15, 0.2) is 0 Å². The molecule has 4 nitrogen and oxygen atoms in total. The summed E-state index contributed by atoms with van der Waals surface area (Å²) in [6.45, 7) is 3.90. The van der Waals surface area contributed by atoms with Gasteiger partial charge in [0, 0.05) is 17.1 Å². The van der Waals surface area contributed by atoms with E-state index in [1.165, 1.54) is 0 Å². The molecule has 0 fully saturated rings. The summed E-state index contributed by atoms with van der Waals surface area (Å²) in [7, 11) is 0. The molecule has 0 aliphatic carbocycles. The minimum absolute atomic E-state index is 0.283. The molecule has 2 aromatic carbocycles. The Morgan fingerprint density at radius 1 is 1.00 bits per heavy atom. The Bertz CT molecular complexity index is 608. The topological polar surface area (TPSA) is 67.2 Å². The SMILES string of the molecule is Cc1cccc(NC(=O)Nc2ccc(C)c(N)c2)c1. The average Bonchev–Trinajstić information content (AvgIpc) is 2.34. The van der Waals surface area contributed by atoms with Crippen molar-refractivity contribution >= 4 is 23.1 Å². The molecule has 0 saturated carbocycles. The molecule has 98 valence electrons. The predicted molar refractivity (Wildman–Crippen MR) is 79.4 cm³/mol. The molecule has 0 aromatic heterocycles. The van der Waals surface area contributed by atoms with Gasteiger partial charge in [0.1, 0.15) is 0 Å². The van der Waals surface area contributed by atoms with Crippen molar-refractivity contribution in [2.75, 3.05) is 16.4 Å². The van der Waals surface area contributed by atoms with Crippen LogP contribution in [0.25, 0.3) is 0 Å². The van der Waals surface area contributed by atoms with E-state index >= 15 is 0 Å². The van der Waals surface area contributed by atoms with Crippen molar-refractivity contribution in [3.05, 3.63) is 53.6 Å². The second-order valence-corrected chi connectivity index (χ2v) is 4.52. The number of benzene rings is 2. The van der Waals surface area contributed by atoms with Crippen LogP contribution in [0.3, 0.4) is 0 Å². The van der Waals surface area contributed by atoms with Crippen LogP contribution in [0.5, 0.6) is 0 Å². The molecule has 19 heavy (non-hydrogen) atoms. The number of hydrogen-bond donors (Lipinski definition) is 3. The summed E-state index contributed by atoms with van der Waals surface area (Å²) in [6.07, 6.45) is 0. The van der Waals surface area contributed by atoms with Crippen molar-refractivity contribution in [2.45, 2.75) is 13.8 Å². The van der Waals surface area contributed by atoms with E-state index in [0.717, 1.165) is 16.8 Å². The number of urea groups is 1. The quantitative estimate of drug-likeness (QED) is 0.719. The van der Waals surface area contributed by atoms with Crippen LogP contribution in [0.15, 0.2) is 42.5 Å². The maximum absolute atomic E-state index is 11.8. The van der Waals surface area contributed by atoms with E-state index in [1.807, 2.05) is 50.2 Å². The fraction of sp³-hybridized carbons (Fsp3) is 0.133. The van der Waals surface area contributed by atoms with E-state index in [-0.39, 0.29) is 6.03 Å². The molecular formula is C15H17N3O. The Balaban J connectivity index is 2.03. The van der Waals surface area contributed by atoms with Crippen LogP contribution < -0.4 is 16.4 Å². The van der Waals surface area contributed by atoms with Crippen molar-refractivity contribution in [2.24, 2.45) is 0 Å². The molecule has 2 rings (SSSR count). The number of carbonyl (C=O) groups is 1. The van der Waals surface area contributed by atoms with Gasteiger partial charge in [-0.2, -0.15) is 0 Å². The normalized spacial score (nSPS) is 10.0. The highest BCUT2D eigenvalue weighted by Crippen LogP contribution is 2.17. The zero-order valence-electron chi connectivity index (χ0n) is 11.0. The number of rotatable bonds is 2. The van der Waals surface area contributed by atoms with Crippen LogP contribution in [0.1, 0.15) is 11.1 Å². The summed E-state index contributed by atoms with van der Waals surface area (Å²) >= 11 is 0. The maximum Gasteiger partial charge on any atom is 0.323 e. The molecule has 4 heteroatoms. The Kier molecular flexibility index (Phi) is 3.71. The Morgan fingerprint density at radius 2 is 1.68 bits per heavy atom. The summed E-state index contributed by atoms with van der Waals surface area (Å²) < 4.78 is 0. The summed E-state index contributed by atoms with van der Waals surface area (Å²) in [5, 5.41) is 5.52. The van der Waals surface area contributed by atoms with Gasteiger partial charge in [0.2, 0.25) is 0 Å². The number of aryl methyl sites for hydroxylation is 2. The van der Waals surface area contributed by atoms with Crippen molar-refractivity contribution in [3.8, 4) is 0 Å². The number of nitrogens with two attached hydrogens (primary N) is 1. The van der Waals surface area contributed by atoms with Gasteiger partial charge in [-0.15, -0.1) is 0 Å². The minimum Gasteiger partial charge on any atom is -0.398 e. The van der Waals surface area contributed by atoms with E-state index in [9.17, 15) is 4.79 Å². The molecule has 0 aliphatic rings. The largest absolute Gasteiger partial charge is 0.398 e. The van der Waals surface area contributed by atoms with Gasteiger partial charge in [-0.05, 0) is 49.2 Å². The van der Waals surface area contributed by atoms with Gasteiger partial charge in [-0.3, -0.25) is 0 Å². The first-order valence-corrected chi connectivity index (χ1v) is 6.05. The summed E-state index contributed by atoms with van der Waals surface area (Å²) in [4.78, 5) is 11.8. The second kappa shape index (κ2) is 5.44. The first-order chi connectivity index (χ1) is 9.04. The molecule has 2 aromatic rings. The number of anilines is 3. The van der Waals surface area contributed by atoms with Gasteiger partial charge < -0.3 is 16.4 Å². The highest BCUT2D eigenvalue weighted by molar-refractivity contribution is 6.00. The third kappa shape index (κ3) is 3.48. The molecule has 2 amide bonds. The maximum atomic E-state index is 11.8. The lowest BCUT2D eigenvalue weighted by atomic mass is 10.2. The van der Waals surface area contributed by atoms with Gasteiger partial charge in [-0.1, -0.05) is 18.2 Å². The third-order valence-corrected chi connectivity index (χ3v) is 2.81. The highest BCUT2D eigenvalue weighted by Gasteiger charge is 2.03. The highest BCUT2D eigenvalue weighted by atomic mass is 16.2. The molecule has 0 spiro atoms. The van der Waals surface area contributed by atoms with Crippen LogP contribution in [0.2, 0.25) is 0 Å². The summed E-state index contributed by atoms with van der Waals surface area (Å²) in [6, 6.07) is 12.8. The molecule has 0 radical (unpaired) electrons. The summed E-state index contributed by atoms with van der Waals surface area (Å²) in [5.41, 5.74) is 9.98. The Hall–Kier alpha value is -2.49. The first-order valence-electron chi connectivity index (χ1n) is 6.05. The number of amides is 2. The monoisotopic (exact) mass is 255 g/mol. The first kappa shape index (κ1) is 13.0. The zero-order chi connectivity index (χ0) is 13.8. The van der Waals surface area contributed by atoms with Crippen molar-refractivity contribution in [3.63, 3.8) is 0 Å². The van der Waals surface area contributed by atoms with E-state index < -0.39 is 0 Å². The van der Waals surface area contributed by atoms with Crippen LogP contribution >= 0.6 is 0 Å². The number of carbonyl (C=O) groups excluding carboxylic acids is 1. The fourth-order valence-corrected chi connectivity index (χ4v) is 1.73. The molecule has 0 bridgehead atoms. The molecular weight excluding hydrogens is 238 g/mol. The van der Waals surface area contributed by atoms with Crippen molar-refractivity contribution < 1.29 is 4.79 Å². The van der Waals surface area contributed by atoms with E-state index in [4.69, 9.17) is 5.73 Å². The summed E-state index contributed by atoms with van der Waals surface area (Å²) in [5.74, 6) is 0. The predicted octanol–water partition coefficient (Wildman–Crippen LogP) is 3.53. The van der Waals surface area contributed by atoms with Crippen molar-refractivity contribution in [1.82, 2.24) is 0 Å². The van der Waals surface area contributed by atoms with Gasteiger partial charge in [0.05, 0.1) is 0 Å². The lowest BCUT2D eigenvalue weighted by Gasteiger charge is -2.09. The molecule has 0 heterocycles. The lowest BCUT2D eigenvalue weighted by Crippen LogP contribution is -2.19. The van der Waals surface area contributed by atoms with Crippen LogP contribution in [0, 0.1) is 13.8 Å². The third-order valence-electron chi connectivity index (χ3n) is 2.81. The number of nitrogen functional groups attached to an aromatic ring is 1. The minimum atomic E-state index is -0.283. The Morgan fingerprint density at radius 3 is 2.32 bits per heavy atom. The van der Waals surface area contributed by atoms with E-state index in [1.54, 1.807) is 6.07 Å². The fourth-order valence-electron chi connectivity index (χ4n) is 1.73. The average molecular weight is 255 g/mol. The van der Waals surface area contributed by atoms with Gasteiger partial charge in [0.25, 0.3) is 0 Å². The van der Waals surface area contributed by atoms with Crippen molar-refractivity contribution in [1.29, 1.82) is 0 Å². The van der Waals surface area contributed by atoms with Crippen LogP contribution in [-0.4, -0.2) is 6.03 Å². The van der Waals surface area contributed by atoms with Crippen LogP contribution in [-0.2, 0) is 0 Å². The second-order valence-electron chi connectivity index (χ2n) is 4.52. The standard InChI is InChI=1S/C15H17N3O/c1-10-4-3-5-12(8-10)17-15(19)18-13-7-6-11(2)14(16)9-13/h3-9H,16H2,1-2H3,(H2,17,18,19). The van der Waals surface area contributed by atoms with Crippen LogP contribution in [0.4, 0.5) is 21.9 Å². The zero-order valence-corrected chi connectivity index (χ0v) is 11.0.